The van der Waals surface area contributed by atoms with Gasteiger partial charge in [-0.25, -0.2) is 0 Å². The molecule has 1 saturated carbocycles. The van der Waals surface area contributed by atoms with Crippen molar-refractivity contribution in [2.45, 2.75) is 58.4 Å². The number of halogens is 1. The third kappa shape index (κ3) is 3.97. The monoisotopic (exact) mass is 279 g/mol. The lowest BCUT2D eigenvalue weighted by molar-refractivity contribution is 0.145. The van der Waals surface area contributed by atoms with Gasteiger partial charge >= 0.3 is 0 Å². The molecule has 0 aromatic heterocycles. The summed E-state index contributed by atoms with van der Waals surface area (Å²) >= 11 is 5.97. The molecule has 1 N–H and O–H groups in total. The Morgan fingerprint density at radius 1 is 1.16 bits per heavy atom. The lowest BCUT2D eigenvalue weighted by Crippen LogP contribution is -2.46. The Bertz CT molecular complexity index is 379. The SMILES string of the molecule is CCNC(Cc1ccc(Cl)cc1)C1(C)CCCCC1. The van der Waals surface area contributed by atoms with Gasteiger partial charge < -0.3 is 5.32 Å². The number of nitrogens with one attached hydrogen (secondary N) is 1. The molecule has 106 valence electrons. The summed E-state index contributed by atoms with van der Waals surface area (Å²) in [5.41, 5.74) is 1.84. The zero-order chi connectivity index (χ0) is 13.7. The first kappa shape index (κ1) is 14.9. The highest BCUT2D eigenvalue weighted by atomic mass is 35.5. The van der Waals surface area contributed by atoms with Crippen LogP contribution in [0.15, 0.2) is 24.3 Å². The van der Waals surface area contributed by atoms with Crippen LogP contribution in [0.3, 0.4) is 0 Å². The van der Waals surface area contributed by atoms with Gasteiger partial charge in [-0.05, 0) is 48.9 Å². The maximum absolute atomic E-state index is 5.97. The van der Waals surface area contributed by atoms with E-state index in [0.717, 1.165) is 18.0 Å². The smallest absolute Gasteiger partial charge is 0.0406 e. The zero-order valence-electron chi connectivity index (χ0n) is 12.2. The Balaban J connectivity index is 2.08. The molecule has 0 radical (unpaired) electrons. The van der Waals surface area contributed by atoms with E-state index in [1.54, 1.807) is 0 Å². The Morgan fingerprint density at radius 2 is 1.79 bits per heavy atom. The van der Waals surface area contributed by atoms with Crippen LogP contribution in [0, 0.1) is 5.41 Å². The van der Waals surface area contributed by atoms with E-state index in [9.17, 15) is 0 Å². The van der Waals surface area contributed by atoms with Crippen LogP contribution < -0.4 is 5.32 Å². The third-order valence-electron chi connectivity index (χ3n) is 4.64. The Labute approximate surface area is 122 Å². The van der Waals surface area contributed by atoms with Crippen molar-refractivity contribution in [3.63, 3.8) is 0 Å². The van der Waals surface area contributed by atoms with Crippen LogP contribution in [-0.4, -0.2) is 12.6 Å². The molecule has 0 aliphatic heterocycles. The molecule has 0 amide bonds. The number of benzene rings is 1. The Hall–Kier alpha value is -0.530. The normalized spacial score (nSPS) is 20.2. The number of hydrogen-bond donors (Lipinski definition) is 1. The third-order valence-corrected chi connectivity index (χ3v) is 4.89. The molecule has 0 bridgehead atoms. The predicted octanol–water partition coefficient (Wildman–Crippen LogP) is 4.83. The summed E-state index contributed by atoms with van der Waals surface area (Å²) < 4.78 is 0. The van der Waals surface area contributed by atoms with E-state index in [4.69, 9.17) is 11.6 Å². The highest BCUT2D eigenvalue weighted by molar-refractivity contribution is 6.30. The van der Waals surface area contributed by atoms with E-state index >= 15 is 0 Å². The highest BCUT2D eigenvalue weighted by Crippen LogP contribution is 2.39. The largest absolute Gasteiger partial charge is 0.313 e. The minimum absolute atomic E-state index is 0.452. The summed E-state index contributed by atoms with van der Waals surface area (Å²) in [6, 6.07) is 8.92. The minimum Gasteiger partial charge on any atom is -0.313 e. The maximum Gasteiger partial charge on any atom is 0.0406 e. The molecule has 2 rings (SSSR count). The van der Waals surface area contributed by atoms with Crippen molar-refractivity contribution >= 4 is 11.6 Å². The molecular weight excluding hydrogens is 254 g/mol. The molecule has 19 heavy (non-hydrogen) atoms. The minimum atomic E-state index is 0.452. The zero-order valence-corrected chi connectivity index (χ0v) is 13.0. The van der Waals surface area contributed by atoms with Crippen LogP contribution in [-0.2, 0) is 6.42 Å². The highest BCUT2D eigenvalue weighted by Gasteiger charge is 2.34. The fraction of sp³-hybridized carbons (Fsp3) is 0.647. The molecule has 1 aromatic rings. The Morgan fingerprint density at radius 3 is 2.37 bits per heavy atom. The molecule has 0 heterocycles. The van der Waals surface area contributed by atoms with Crippen molar-refractivity contribution < 1.29 is 0 Å². The summed E-state index contributed by atoms with van der Waals surface area (Å²) in [6.45, 7) is 5.73. The molecule has 1 fully saturated rings. The lowest BCUT2D eigenvalue weighted by atomic mass is 9.69. The van der Waals surface area contributed by atoms with Crippen molar-refractivity contribution in [1.82, 2.24) is 5.32 Å². The quantitative estimate of drug-likeness (QED) is 0.814. The predicted molar refractivity (Wildman–Crippen MR) is 83.8 cm³/mol. The van der Waals surface area contributed by atoms with Gasteiger partial charge in [0.15, 0.2) is 0 Å². The summed E-state index contributed by atoms with van der Waals surface area (Å²) in [4.78, 5) is 0. The summed E-state index contributed by atoms with van der Waals surface area (Å²) in [5.74, 6) is 0. The van der Waals surface area contributed by atoms with E-state index in [-0.39, 0.29) is 0 Å². The van der Waals surface area contributed by atoms with Crippen molar-refractivity contribution in [1.29, 1.82) is 0 Å². The molecule has 1 atom stereocenters. The van der Waals surface area contributed by atoms with Gasteiger partial charge in [0.2, 0.25) is 0 Å². The molecule has 0 saturated heterocycles. The van der Waals surface area contributed by atoms with Crippen molar-refractivity contribution in [3.05, 3.63) is 34.9 Å². The van der Waals surface area contributed by atoms with Gasteiger partial charge in [0.1, 0.15) is 0 Å². The van der Waals surface area contributed by atoms with E-state index < -0.39 is 0 Å². The van der Waals surface area contributed by atoms with Crippen molar-refractivity contribution in [2.24, 2.45) is 5.41 Å². The molecular formula is C17H26ClN. The van der Waals surface area contributed by atoms with Gasteiger partial charge in [0.25, 0.3) is 0 Å². The van der Waals surface area contributed by atoms with Crippen LogP contribution in [0.1, 0.15) is 51.5 Å². The van der Waals surface area contributed by atoms with Gasteiger partial charge in [-0.15, -0.1) is 0 Å². The summed E-state index contributed by atoms with van der Waals surface area (Å²) in [7, 11) is 0. The molecule has 1 aliphatic rings. The average molecular weight is 280 g/mol. The molecule has 0 spiro atoms. The van der Waals surface area contributed by atoms with E-state index in [0.29, 0.717) is 11.5 Å². The van der Waals surface area contributed by atoms with Crippen molar-refractivity contribution in [3.8, 4) is 0 Å². The number of hydrogen-bond acceptors (Lipinski definition) is 1. The second-order valence-electron chi connectivity index (χ2n) is 6.16. The molecule has 2 heteroatoms. The van der Waals surface area contributed by atoms with Gasteiger partial charge in [0, 0.05) is 11.1 Å². The van der Waals surface area contributed by atoms with Crippen LogP contribution in [0.25, 0.3) is 0 Å². The maximum atomic E-state index is 5.97. The van der Waals surface area contributed by atoms with Gasteiger partial charge in [-0.3, -0.25) is 0 Å². The lowest BCUT2D eigenvalue weighted by Gasteiger charge is -2.41. The number of rotatable bonds is 5. The fourth-order valence-electron chi connectivity index (χ4n) is 3.38. The van der Waals surface area contributed by atoms with Crippen LogP contribution in [0.5, 0.6) is 0 Å². The molecule has 1 aliphatic carbocycles. The topological polar surface area (TPSA) is 12.0 Å². The first-order chi connectivity index (χ1) is 9.14. The van der Waals surface area contributed by atoms with Crippen LogP contribution in [0.4, 0.5) is 0 Å². The van der Waals surface area contributed by atoms with Gasteiger partial charge in [-0.2, -0.15) is 0 Å². The second kappa shape index (κ2) is 6.76. The summed E-state index contributed by atoms with van der Waals surface area (Å²) in [5, 5.41) is 4.55. The van der Waals surface area contributed by atoms with Gasteiger partial charge in [-0.1, -0.05) is 56.8 Å². The van der Waals surface area contributed by atoms with Crippen molar-refractivity contribution in [2.75, 3.05) is 6.54 Å². The number of likely N-dealkylation sites (N-methyl/N-ethyl adjacent to an activating group) is 1. The van der Waals surface area contributed by atoms with E-state index in [1.807, 2.05) is 12.1 Å². The summed E-state index contributed by atoms with van der Waals surface area (Å²) in [6.07, 6.45) is 8.02. The van der Waals surface area contributed by atoms with Crippen LogP contribution in [0.2, 0.25) is 5.02 Å². The first-order valence-corrected chi connectivity index (χ1v) is 8.00. The Kier molecular flexibility index (Phi) is 5.29. The average Bonchev–Trinajstić information content (AvgIpc) is 2.41. The van der Waals surface area contributed by atoms with Gasteiger partial charge in [0.05, 0.1) is 0 Å². The second-order valence-corrected chi connectivity index (χ2v) is 6.59. The molecule has 1 nitrogen and oxygen atoms in total. The van der Waals surface area contributed by atoms with Crippen LogP contribution >= 0.6 is 11.6 Å². The molecule has 1 aromatic carbocycles. The standard InChI is InChI=1S/C17H26ClN/c1-3-19-16(17(2)11-5-4-6-12-17)13-14-7-9-15(18)10-8-14/h7-10,16,19H,3-6,11-13H2,1-2H3. The fourth-order valence-corrected chi connectivity index (χ4v) is 3.50. The first-order valence-electron chi connectivity index (χ1n) is 7.62. The molecule has 1 unspecified atom stereocenters. The van der Waals surface area contributed by atoms with E-state index in [2.05, 4.69) is 31.3 Å². The van der Waals surface area contributed by atoms with E-state index in [1.165, 1.54) is 37.7 Å².